The molecule has 0 radical (unpaired) electrons. The predicted molar refractivity (Wildman–Crippen MR) is 112 cm³/mol. The minimum absolute atomic E-state index is 0.0459. The van der Waals surface area contributed by atoms with Gasteiger partial charge in [-0.05, 0) is 48.9 Å². The highest BCUT2D eigenvalue weighted by Gasteiger charge is 2.20. The van der Waals surface area contributed by atoms with Gasteiger partial charge in [0, 0.05) is 37.4 Å². The van der Waals surface area contributed by atoms with Crippen molar-refractivity contribution in [3.63, 3.8) is 0 Å². The van der Waals surface area contributed by atoms with Crippen LogP contribution in [0.5, 0.6) is 0 Å². The number of hydrogen-bond donors (Lipinski definition) is 2. The zero-order valence-corrected chi connectivity index (χ0v) is 16.7. The number of amides is 1. The van der Waals surface area contributed by atoms with Gasteiger partial charge in [-0.2, -0.15) is 0 Å². The minimum atomic E-state index is -0.324. The Morgan fingerprint density at radius 3 is 2.61 bits per heavy atom. The fourth-order valence-electron chi connectivity index (χ4n) is 3.34. The summed E-state index contributed by atoms with van der Waals surface area (Å²) < 4.78 is 5.09. The molecule has 1 fully saturated rings. The maximum absolute atomic E-state index is 12.0. The number of aromatic nitrogens is 1. The number of rotatable bonds is 8. The van der Waals surface area contributed by atoms with Crippen LogP contribution in [0.25, 0.3) is 5.57 Å². The lowest BCUT2D eigenvalue weighted by atomic mass is 9.97. The van der Waals surface area contributed by atoms with E-state index in [9.17, 15) is 9.59 Å². The molecule has 0 aliphatic carbocycles. The normalized spacial score (nSPS) is 17.0. The number of pyridine rings is 1. The van der Waals surface area contributed by atoms with Crippen molar-refractivity contribution in [1.82, 2.24) is 10.3 Å². The van der Waals surface area contributed by atoms with Gasteiger partial charge < -0.3 is 15.0 Å². The van der Waals surface area contributed by atoms with Crippen LogP contribution in [0.15, 0.2) is 47.3 Å². The lowest BCUT2D eigenvalue weighted by Crippen LogP contribution is -2.23. The summed E-state index contributed by atoms with van der Waals surface area (Å²) in [6.07, 6.45) is 6.39. The summed E-state index contributed by atoms with van der Waals surface area (Å²) >= 11 is 5.88. The molecule has 5 nitrogen and oxygen atoms in total. The van der Waals surface area contributed by atoms with Crippen molar-refractivity contribution >= 4 is 23.1 Å². The molecule has 1 aliphatic heterocycles. The summed E-state index contributed by atoms with van der Waals surface area (Å²) in [6, 6.07) is 11.7. The molecule has 0 bridgehead atoms. The molecule has 1 unspecified atom stereocenters. The van der Waals surface area contributed by atoms with Crippen molar-refractivity contribution in [2.75, 3.05) is 13.7 Å². The largest absolute Gasteiger partial charge is 0.385 e. The summed E-state index contributed by atoms with van der Waals surface area (Å²) in [5.74, 6) is 0.0524. The van der Waals surface area contributed by atoms with Crippen LogP contribution < -0.4 is 10.9 Å². The predicted octanol–water partition coefficient (Wildman–Crippen LogP) is 3.71. The zero-order chi connectivity index (χ0) is 19.9. The van der Waals surface area contributed by atoms with Crippen molar-refractivity contribution < 1.29 is 9.53 Å². The quantitative estimate of drug-likeness (QED) is 0.663. The number of aryl methyl sites for hydroxylation is 1. The topological polar surface area (TPSA) is 71.2 Å². The van der Waals surface area contributed by atoms with E-state index in [4.69, 9.17) is 16.3 Å². The van der Waals surface area contributed by atoms with E-state index in [1.54, 1.807) is 19.2 Å². The van der Waals surface area contributed by atoms with Crippen LogP contribution >= 0.6 is 11.6 Å². The number of carbonyl (C=O) groups is 1. The average Bonchev–Trinajstić information content (AvgIpc) is 3.11. The molecular weight excluding hydrogens is 376 g/mol. The van der Waals surface area contributed by atoms with E-state index < -0.39 is 0 Å². The van der Waals surface area contributed by atoms with Gasteiger partial charge >= 0.3 is 0 Å². The van der Waals surface area contributed by atoms with Gasteiger partial charge in [0.2, 0.25) is 5.91 Å². The Morgan fingerprint density at radius 1 is 1.18 bits per heavy atom. The third-order valence-electron chi connectivity index (χ3n) is 4.88. The summed E-state index contributed by atoms with van der Waals surface area (Å²) in [5, 5.41) is 3.11. The number of methoxy groups -OCH3 is 1. The summed E-state index contributed by atoms with van der Waals surface area (Å²) in [7, 11) is 1.72. The van der Waals surface area contributed by atoms with Crippen molar-refractivity contribution in [3.05, 3.63) is 74.7 Å². The Kier molecular flexibility index (Phi) is 7.06. The lowest BCUT2D eigenvalue weighted by Gasteiger charge is -2.13. The van der Waals surface area contributed by atoms with E-state index >= 15 is 0 Å². The molecule has 1 aromatic carbocycles. The van der Waals surface area contributed by atoms with Gasteiger partial charge in [0.1, 0.15) is 5.02 Å². The van der Waals surface area contributed by atoms with Crippen LogP contribution in [-0.2, 0) is 16.0 Å². The molecule has 1 aliphatic rings. The van der Waals surface area contributed by atoms with E-state index in [2.05, 4.69) is 34.6 Å². The van der Waals surface area contributed by atoms with E-state index in [1.165, 1.54) is 5.56 Å². The molecule has 0 spiro atoms. The Balaban J connectivity index is 1.86. The number of aromatic amines is 1. The smallest absolute Gasteiger partial charge is 0.267 e. The number of hydrogen-bond acceptors (Lipinski definition) is 3. The fraction of sp³-hybridized carbons (Fsp3) is 0.364. The first-order valence-corrected chi connectivity index (χ1v) is 9.93. The van der Waals surface area contributed by atoms with Gasteiger partial charge in [0.15, 0.2) is 0 Å². The second kappa shape index (κ2) is 9.71. The molecule has 1 amide bonds. The standard InChI is InChI=1S/C22H25ClN2O3/c1-28-13-3-2-4-15-5-7-16(8-6-15)18(14-17-9-12-21(26)24-17)20-11-10-19(23)22(27)25-20/h5-8,10-11,14,17H,2-4,9,12-13H2,1H3,(H,24,26)(H,25,27)/b18-14-. The average molecular weight is 401 g/mol. The molecule has 1 atom stereocenters. The molecule has 148 valence electrons. The van der Waals surface area contributed by atoms with Crippen LogP contribution in [-0.4, -0.2) is 30.6 Å². The maximum atomic E-state index is 12.0. The number of nitrogens with one attached hydrogen (secondary N) is 2. The third-order valence-corrected chi connectivity index (χ3v) is 5.17. The number of benzene rings is 1. The van der Waals surface area contributed by atoms with E-state index in [-0.39, 0.29) is 22.5 Å². The number of unbranched alkanes of at least 4 members (excludes halogenated alkanes) is 1. The number of ether oxygens (including phenoxy) is 1. The van der Waals surface area contributed by atoms with E-state index in [0.29, 0.717) is 12.1 Å². The number of halogens is 1. The van der Waals surface area contributed by atoms with Crippen LogP contribution in [0.2, 0.25) is 5.02 Å². The monoisotopic (exact) mass is 400 g/mol. The van der Waals surface area contributed by atoms with Crippen molar-refractivity contribution in [2.24, 2.45) is 0 Å². The van der Waals surface area contributed by atoms with E-state index in [1.807, 2.05) is 6.08 Å². The fourth-order valence-corrected chi connectivity index (χ4v) is 3.46. The molecule has 2 heterocycles. The van der Waals surface area contributed by atoms with Crippen LogP contribution in [0.4, 0.5) is 0 Å². The van der Waals surface area contributed by atoms with Gasteiger partial charge in [-0.25, -0.2) is 0 Å². The highest BCUT2D eigenvalue weighted by Crippen LogP contribution is 2.25. The van der Waals surface area contributed by atoms with Crippen molar-refractivity contribution in [3.8, 4) is 0 Å². The number of carbonyl (C=O) groups excluding carboxylic acids is 1. The van der Waals surface area contributed by atoms with Gasteiger partial charge in [-0.1, -0.05) is 41.9 Å². The van der Waals surface area contributed by atoms with Gasteiger partial charge in [0.05, 0.1) is 0 Å². The first-order chi connectivity index (χ1) is 13.6. The highest BCUT2D eigenvalue weighted by molar-refractivity contribution is 6.30. The Morgan fingerprint density at radius 2 is 1.96 bits per heavy atom. The summed E-state index contributed by atoms with van der Waals surface area (Å²) in [4.78, 5) is 26.4. The molecule has 1 saturated heterocycles. The Bertz CT molecular complexity index is 903. The Hall–Kier alpha value is -2.37. The third kappa shape index (κ3) is 5.33. The van der Waals surface area contributed by atoms with E-state index in [0.717, 1.165) is 43.4 Å². The van der Waals surface area contributed by atoms with Gasteiger partial charge in [-0.3, -0.25) is 9.59 Å². The number of H-pyrrole nitrogens is 1. The highest BCUT2D eigenvalue weighted by atomic mass is 35.5. The molecule has 3 rings (SSSR count). The minimum Gasteiger partial charge on any atom is -0.385 e. The van der Waals surface area contributed by atoms with Crippen molar-refractivity contribution in [1.29, 1.82) is 0 Å². The van der Waals surface area contributed by atoms with Gasteiger partial charge in [0.25, 0.3) is 5.56 Å². The summed E-state index contributed by atoms with van der Waals surface area (Å²) in [6.45, 7) is 0.780. The van der Waals surface area contributed by atoms with Crippen LogP contribution in [0.1, 0.15) is 42.5 Å². The summed E-state index contributed by atoms with van der Waals surface area (Å²) in [5.41, 5.74) is 3.49. The maximum Gasteiger partial charge on any atom is 0.267 e. The first kappa shape index (κ1) is 20.4. The molecular formula is C22H25ClN2O3. The first-order valence-electron chi connectivity index (χ1n) is 9.55. The second-order valence-electron chi connectivity index (χ2n) is 6.99. The second-order valence-corrected chi connectivity index (χ2v) is 7.40. The molecule has 6 heteroatoms. The van der Waals surface area contributed by atoms with Crippen LogP contribution in [0, 0.1) is 0 Å². The van der Waals surface area contributed by atoms with Crippen molar-refractivity contribution in [2.45, 2.75) is 38.1 Å². The molecule has 0 saturated carbocycles. The van der Waals surface area contributed by atoms with Gasteiger partial charge in [-0.15, -0.1) is 0 Å². The molecule has 28 heavy (non-hydrogen) atoms. The molecule has 2 N–H and O–H groups in total. The van der Waals surface area contributed by atoms with Crippen LogP contribution in [0.3, 0.4) is 0 Å². The lowest BCUT2D eigenvalue weighted by molar-refractivity contribution is -0.119. The Labute approximate surface area is 169 Å². The molecule has 2 aromatic rings. The molecule has 1 aromatic heterocycles. The SMILES string of the molecule is COCCCCc1ccc(/C(=C/C2CCC(=O)N2)c2ccc(Cl)c(=O)[nH]2)cc1. The zero-order valence-electron chi connectivity index (χ0n) is 16.0.